The third-order valence-corrected chi connectivity index (χ3v) is 2.33. The lowest BCUT2D eigenvalue weighted by molar-refractivity contribution is 0.0896. The van der Waals surface area contributed by atoms with E-state index in [2.05, 4.69) is 4.98 Å². The van der Waals surface area contributed by atoms with Gasteiger partial charge in [-0.3, -0.25) is 4.98 Å². The molecule has 4 heteroatoms. The largest absolute Gasteiger partial charge is 0.495 e. The normalized spacial score (nSPS) is 17.9. The lowest BCUT2D eigenvalue weighted by Crippen LogP contribution is -2.11. The van der Waals surface area contributed by atoms with E-state index in [1.165, 1.54) is 12.3 Å². The molecule has 0 aliphatic carbocycles. The topological polar surface area (TPSA) is 42.4 Å². The van der Waals surface area contributed by atoms with Gasteiger partial charge in [-0.05, 0) is 25.0 Å². The molecule has 0 saturated heterocycles. The van der Waals surface area contributed by atoms with Crippen molar-refractivity contribution in [2.24, 2.45) is 0 Å². The Morgan fingerprint density at radius 1 is 1.53 bits per heavy atom. The number of pyridine rings is 1. The second-order valence-electron chi connectivity index (χ2n) is 3.40. The summed E-state index contributed by atoms with van der Waals surface area (Å²) in [5, 5.41) is 9.87. The molecule has 3 nitrogen and oxygen atoms in total. The van der Waals surface area contributed by atoms with Crippen LogP contribution in [0, 0.1) is 5.82 Å². The van der Waals surface area contributed by atoms with E-state index in [4.69, 9.17) is 4.74 Å². The second kappa shape index (κ2) is 4.40. The van der Waals surface area contributed by atoms with Crippen LogP contribution in [0.4, 0.5) is 4.39 Å². The Labute approximate surface area is 87.2 Å². The molecule has 1 unspecified atom stereocenters. The molecule has 15 heavy (non-hydrogen) atoms. The Morgan fingerprint density at radius 3 is 3.07 bits per heavy atom. The van der Waals surface area contributed by atoms with Crippen LogP contribution in [-0.2, 0) is 4.74 Å². The molecular formula is C11H12FNO2. The minimum absolute atomic E-state index is 0.207. The van der Waals surface area contributed by atoms with Crippen LogP contribution < -0.4 is 0 Å². The first-order valence-electron chi connectivity index (χ1n) is 4.89. The lowest BCUT2D eigenvalue weighted by atomic mass is 10.1. The first-order valence-corrected chi connectivity index (χ1v) is 4.89. The molecule has 0 fully saturated rings. The van der Waals surface area contributed by atoms with Crippen LogP contribution >= 0.6 is 0 Å². The molecule has 0 aromatic carbocycles. The number of nitrogens with zero attached hydrogens (tertiary/aromatic N) is 1. The fourth-order valence-electron chi connectivity index (χ4n) is 1.53. The average molecular weight is 209 g/mol. The monoisotopic (exact) mass is 209 g/mol. The van der Waals surface area contributed by atoms with Gasteiger partial charge in [0.15, 0.2) is 0 Å². The molecule has 1 aromatic heterocycles. The van der Waals surface area contributed by atoms with Crippen molar-refractivity contribution in [1.29, 1.82) is 0 Å². The summed E-state index contributed by atoms with van der Waals surface area (Å²) in [4.78, 5) is 3.63. The van der Waals surface area contributed by atoms with E-state index in [9.17, 15) is 9.50 Å². The Hall–Kier alpha value is -1.42. The molecule has 1 aromatic rings. The summed E-state index contributed by atoms with van der Waals surface area (Å²) in [6, 6.07) is 1.46. The van der Waals surface area contributed by atoms with Crippen molar-refractivity contribution in [1.82, 2.24) is 4.98 Å². The van der Waals surface area contributed by atoms with Crippen LogP contribution in [0.1, 0.15) is 24.5 Å². The van der Waals surface area contributed by atoms with Gasteiger partial charge in [0.05, 0.1) is 12.8 Å². The maximum absolute atomic E-state index is 13.3. The molecule has 0 saturated carbocycles. The van der Waals surface area contributed by atoms with Gasteiger partial charge in [0.25, 0.3) is 0 Å². The molecule has 1 aliphatic heterocycles. The van der Waals surface area contributed by atoms with E-state index >= 15 is 0 Å². The number of rotatable bonds is 2. The van der Waals surface area contributed by atoms with Crippen molar-refractivity contribution in [2.75, 3.05) is 6.61 Å². The van der Waals surface area contributed by atoms with E-state index < -0.39 is 11.9 Å². The first kappa shape index (κ1) is 10.1. The highest BCUT2D eigenvalue weighted by Crippen LogP contribution is 2.26. The summed E-state index contributed by atoms with van der Waals surface area (Å²) in [5.74, 6) is -0.0774. The zero-order valence-corrected chi connectivity index (χ0v) is 8.19. The number of aliphatic hydroxyl groups excluding tert-OH is 1. The van der Waals surface area contributed by atoms with Gasteiger partial charge in [0.2, 0.25) is 0 Å². The van der Waals surface area contributed by atoms with Crippen LogP contribution in [0.25, 0.3) is 0 Å². The van der Waals surface area contributed by atoms with Crippen LogP contribution in [0.2, 0.25) is 0 Å². The van der Waals surface area contributed by atoms with Crippen LogP contribution in [0.3, 0.4) is 0 Å². The third kappa shape index (κ3) is 2.15. The molecule has 1 N–H and O–H groups in total. The number of hydrogen-bond acceptors (Lipinski definition) is 3. The van der Waals surface area contributed by atoms with Gasteiger partial charge in [0, 0.05) is 11.8 Å². The number of aromatic nitrogens is 1. The van der Waals surface area contributed by atoms with Gasteiger partial charge in [0.1, 0.15) is 17.7 Å². The summed E-state index contributed by atoms with van der Waals surface area (Å²) in [6.45, 7) is 0.579. The molecule has 80 valence electrons. The van der Waals surface area contributed by atoms with Crippen LogP contribution in [-0.4, -0.2) is 16.7 Å². The highest BCUT2D eigenvalue weighted by Gasteiger charge is 2.19. The molecule has 2 heterocycles. The quantitative estimate of drug-likeness (QED) is 0.809. The number of ether oxygens (including phenoxy) is 1. The standard InChI is InChI=1S/C11H12FNO2/c12-9-7-13-5-4-8(9)11(14)10-3-1-2-6-15-10/h3-5,7,11,14H,1-2,6H2. The Kier molecular flexibility index (Phi) is 2.97. The predicted molar refractivity (Wildman–Crippen MR) is 52.4 cm³/mol. The number of halogens is 1. The second-order valence-corrected chi connectivity index (χ2v) is 3.40. The average Bonchev–Trinajstić information content (AvgIpc) is 2.30. The number of allylic oxidation sites excluding steroid dienone is 1. The Bertz CT molecular complexity index is 379. The zero-order valence-electron chi connectivity index (χ0n) is 8.19. The summed E-state index contributed by atoms with van der Waals surface area (Å²) in [7, 11) is 0. The van der Waals surface area contributed by atoms with Crippen molar-refractivity contribution >= 4 is 0 Å². The highest BCUT2D eigenvalue weighted by atomic mass is 19.1. The van der Waals surface area contributed by atoms with Gasteiger partial charge in [-0.25, -0.2) is 4.39 Å². The maximum Gasteiger partial charge on any atom is 0.147 e. The van der Waals surface area contributed by atoms with E-state index in [1.807, 2.05) is 0 Å². The molecule has 1 atom stereocenters. The van der Waals surface area contributed by atoms with E-state index in [0.29, 0.717) is 12.4 Å². The number of hydrogen-bond donors (Lipinski definition) is 1. The van der Waals surface area contributed by atoms with Gasteiger partial charge < -0.3 is 9.84 Å². The smallest absolute Gasteiger partial charge is 0.147 e. The van der Waals surface area contributed by atoms with Crippen molar-refractivity contribution in [3.63, 3.8) is 0 Å². The van der Waals surface area contributed by atoms with Crippen molar-refractivity contribution in [3.8, 4) is 0 Å². The molecule has 1 aliphatic rings. The van der Waals surface area contributed by atoms with Crippen molar-refractivity contribution in [2.45, 2.75) is 18.9 Å². The van der Waals surface area contributed by atoms with Gasteiger partial charge in [-0.2, -0.15) is 0 Å². The summed E-state index contributed by atoms with van der Waals surface area (Å²) < 4.78 is 18.6. The molecule has 0 radical (unpaired) electrons. The van der Waals surface area contributed by atoms with Gasteiger partial charge in [-0.1, -0.05) is 0 Å². The SMILES string of the molecule is OC(C1=CCCCO1)c1ccncc1F. The van der Waals surface area contributed by atoms with Gasteiger partial charge >= 0.3 is 0 Å². The lowest BCUT2D eigenvalue weighted by Gasteiger charge is -2.20. The Balaban J connectivity index is 2.23. The fourth-order valence-corrected chi connectivity index (χ4v) is 1.53. The first-order chi connectivity index (χ1) is 7.29. The predicted octanol–water partition coefficient (Wildman–Crippen LogP) is 1.95. The maximum atomic E-state index is 13.3. The van der Waals surface area contributed by atoms with E-state index in [1.54, 1.807) is 6.08 Å². The fraction of sp³-hybridized carbons (Fsp3) is 0.364. The Morgan fingerprint density at radius 2 is 2.40 bits per heavy atom. The molecule has 0 spiro atoms. The third-order valence-electron chi connectivity index (χ3n) is 2.33. The van der Waals surface area contributed by atoms with Crippen LogP contribution in [0.15, 0.2) is 30.3 Å². The molecule has 0 amide bonds. The summed E-state index contributed by atoms with van der Waals surface area (Å²) in [6.07, 6.45) is 5.11. The molecule has 0 bridgehead atoms. The highest BCUT2D eigenvalue weighted by molar-refractivity contribution is 5.23. The van der Waals surface area contributed by atoms with Crippen molar-refractivity contribution in [3.05, 3.63) is 41.7 Å². The van der Waals surface area contributed by atoms with E-state index in [0.717, 1.165) is 19.0 Å². The summed E-state index contributed by atoms with van der Waals surface area (Å²) in [5.41, 5.74) is 0.207. The summed E-state index contributed by atoms with van der Waals surface area (Å²) >= 11 is 0. The van der Waals surface area contributed by atoms with Gasteiger partial charge in [-0.15, -0.1) is 0 Å². The zero-order chi connectivity index (χ0) is 10.7. The number of aliphatic hydroxyl groups is 1. The minimum atomic E-state index is -1.02. The molecular weight excluding hydrogens is 197 g/mol. The van der Waals surface area contributed by atoms with Crippen molar-refractivity contribution < 1.29 is 14.2 Å². The minimum Gasteiger partial charge on any atom is -0.495 e. The van der Waals surface area contributed by atoms with Crippen LogP contribution in [0.5, 0.6) is 0 Å². The molecule has 2 rings (SSSR count). The van der Waals surface area contributed by atoms with E-state index in [-0.39, 0.29) is 5.56 Å².